The summed E-state index contributed by atoms with van der Waals surface area (Å²) in [6.45, 7) is 2.32. The fraction of sp³-hybridized carbons (Fsp3) is 0.889. The van der Waals surface area contributed by atoms with Crippen LogP contribution in [-0.2, 0) is 19.6 Å². The van der Waals surface area contributed by atoms with Crippen LogP contribution >= 0.6 is 0 Å². The van der Waals surface area contributed by atoms with Crippen LogP contribution in [0.2, 0.25) is 0 Å². The second-order valence-electron chi connectivity index (χ2n) is 3.36. The highest BCUT2D eigenvalue weighted by Crippen LogP contribution is 2.02. The van der Waals surface area contributed by atoms with Crippen molar-refractivity contribution >= 4 is 16.1 Å². The Morgan fingerprint density at radius 1 is 1.20 bits per heavy atom. The first-order valence-electron chi connectivity index (χ1n) is 5.06. The van der Waals surface area contributed by atoms with Crippen molar-refractivity contribution in [3.63, 3.8) is 0 Å². The van der Waals surface area contributed by atoms with Crippen LogP contribution in [-0.4, -0.2) is 31.3 Å². The maximum absolute atomic E-state index is 10.8. The molecule has 0 aliphatic heterocycles. The molecule has 0 saturated carbocycles. The Balaban J connectivity index is 3.40. The molecule has 0 atom stereocenters. The minimum Gasteiger partial charge on any atom is -0.465 e. The Kier molecular flexibility index (Phi) is 7.33. The molecule has 0 unspecified atom stereocenters. The Hall–Kier alpha value is -0.620. The molecule has 0 heterocycles. The maximum Gasteiger partial charge on any atom is 0.323 e. The van der Waals surface area contributed by atoms with Crippen LogP contribution in [0.3, 0.4) is 0 Å². The van der Waals surface area contributed by atoms with Gasteiger partial charge in [-0.2, -0.15) is 8.42 Å². The number of hydrogen-bond acceptors (Lipinski definition) is 4. The van der Waals surface area contributed by atoms with Crippen LogP contribution in [0.1, 0.15) is 39.0 Å². The lowest BCUT2D eigenvalue weighted by Gasteiger charge is -2.03. The molecule has 0 aliphatic carbocycles. The summed E-state index contributed by atoms with van der Waals surface area (Å²) in [5, 5.41) is 0. The van der Waals surface area contributed by atoms with Crippen molar-refractivity contribution in [2.45, 2.75) is 39.0 Å². The van der Waals surface area contributed by atoms with Gasteiger partial charge in [-0.05, 0) is 6.42 Å². The number of hydrogen-bond donors (Lipinski definition) is 1. The molecule has 0 saturated heterocycles. The third-order valence-corrected chi connectivity index (χ3v) is 2.41. The second kappa shape index (κ2) is 7.64. The molecule has 0 amide bonds. The summed E-state index contributed by atoms with van der Waals surface area (Å²) in [6, 6.07) is 0. The lowest BCUT2D eigenvalue weighted by atomic mass is 10.2. The monoisotopic (exact) mass is 238 g/mol. The third kappa shape index (κ3) is 11.3. The molecule has 1 N–H and O–H groups in total. The van der Waals surface area contributed by atoms with Crippen LogP contribution in [0.4, 0.5) is 0 Å². The van der Waals surface area contributed by atoms with Crippen LogP contribution in [0, 0.1) is 0 Å². The molecule has 0 aromatic rings. The number of carbonyl (C=O) groups excluding carboxylic acids is 1. The SMILES string of the molecule is CCCCCCCOC(=O)CS(=O)(=O)O. The number of carbonyl (C=O) groups is 1. The van der Waals surface area contributed by atoms with E-state index in [2.05, 4.69) is 11.7 Å². The number of unbranched alkanes of at least 4 members (excludes halogenated alkanes) is 4. The van der Waals surface area contributed by atoms with Gasteiger partial charge in [0.2, 0.25) is 0 Å². The first kappa shape index (κ1) is 14.4. The van der Waals surface area contributed by atoms with Crippen LogP contribution in [0.5, 0.6) is 0 Å². The molecule has 15 heavy (non-hydrogen) atoms. The summed E-state index contributed by atoms with van der Waals surface area (Å²) in [5.41, 5.74) is 0. The van der Waals surface area contributed by atoms with Gasteiger partial charge in [0, 0.05) is 0 Å². The van der Waals surface area contributed by atoms with Gasteiger partial charge in [-0.3, -0.25) is 9.35 Å². The normalized spacial score (nSPS) is 11.3. The van der Waals surface area contributed by atoms with E-state index in [0.29, 0.717) is 0 Å². The summed E-state index contributed by atoms with van der Waals surface area (Å²) in [6.07, 6.45) is 5.08. The van der Waals surface area contributed by atoms with Crippen molar-refractivity contribution in [2.75, 3.05) is 12.4 Å². The predicted octanol–water partition coefficient (Wildman–Crippen LogP) is 1.39. The van der Waals surface area contributed by atoms with E-state index >= 15 is 0 Å². The van der Waals surface area contributed by atoms with Crippen LogP contribution in [0.25, 0.3) is 0 Å². The Morgan fingerprint density at radius 3 is 2.33 bits per heavy atom. The van der Waals surface area contributed by atoms with Gasteiger partial charge in [0.25, 0.3) is 10.1 Å². The predicted molar refractivity (Wildman–Crippen MR) is 56.1 cm³/mol. The van der Waals surface area contributed by atoms with Crippen molar-refractivity contribution in [1.82, 2.24) is 0 Å². The van der Waals surface area contributed by atoms with Crippen molar-refractivity contribution in [3.8, 4) is 0 Å². The molecule has 90 valence electrons. The zero-order valence-electron chi connectivity index (χ0n) is 8.94. The van der Waals surface area contributed by atoms with E-state index in [1.165, 1.54) is 0 Å². The molecule has 0 spiro atoms. The highest BCUT2D eigenvalue weighted by molar-refractivity contribution is 7.86. The summed E-state index contributed by atoms with van der Waals surface area (Å²) in [4.78, 5) is 10.8. The topological polar surface area (TPSA) is 80.7 Å². The minimum absolute atomic E-state index is 0.220. The van der Waals surface area contributed by atoms with Gasteiger partial charge in [0.15, 0.2) is 5.75 Å². The van der Waals surface area contributed by atoms with Gasteiger partial charge >= 0.3 is 5.97 Å². The second-order valence-corrected chi connectivity index (χ2v) is 4.81. The Bertz CT molecular complexity index is 270. The van der Waals surface area contributed by atoms with E-state index < -0.39 is 21.8 Å². The highest BCUT2D eigenvalue weighted by atomic mass is 32.2. The van der Waals surface area contributed by atoms with E-state index in [-0.39, 0.29) is 6.61 Å². The molecule has 0 bridgehead atoms. The van der Waals surface area contributed by atoms with Crippen LogP contribution in [0.15, 0.2) is 0 Å². The molecule has 6 heteroatoms. The quantitative estimate of drug-likeness (QED) is 0.392. The molecule has 0 rings (SSSR count). The Labute approximate surface area is 90.6 Å². The zero-order chi connectivity index (χ0) is 11.7. The van der Waals surface area contributed by atoms with Gasteiger partial charge in [-0.1, -0.05) is 32.6 Å². The fourth-order valence-electron chi connectivity index (χ4n) is 1.08. The average Bonchev–Trinajstić information content (AvgIpc) is 2.08. The molecule has 0 fully saturated rings. The standard InChI is InChI=1S/C9H18O5S/c1-2-3-4-5-6-7-14-9(10)8-15(11,12)13/h2-8H2,1H3,(H,11,12,13). The maximum atomic E-state index is 10.8. The van der Waals surface area contributed by atoms with E-state index in [1.807, 2.05) is 0 Å². The average molecular weight is 238 g/mol. The molecule has 5 nitrogen and oxygen atoms in total. The number of ether oxygens (including phenoxy) is 1. The number of esters is 1. The van der Waals surface area contributed by atoms with Gasteiger partial charge in [-0.25, -0.2) is 0 Å². The minimum atomic E-state index is -4.25. The lowest BCUT2D eigenvalue weighted by molar-refractivity contribution is -0.140. The van der Waals surface area contributed by atoms with Gasteiger partial charge in [0.05, 0.1) is 6.61 Å². The number of rotatable bonds is 8. The van der Waals surface area contributed by atoms with Crippen molar-refractivity contribution in [2.24, 2.45) is 0 Å². The van der Waals surface area contributed by atoms with E-state index in [4.69, 9.17) is 4.55 Å². The first-order valence-corrected chi connectivity index (χ1v) is 6.67. The highest BCUT2D eigenvalue weighted by Gasteiger charge is 2.13. The summed E-state index contributed by atoms with van der Waals surface area (Å²) in [7, 11) is -4.25. The molecule has 0 aromatic heterocycles. The summed E-state index contributed by atoms with van der Waals surface area (Å²) < 4.78 is 33.5. The third-order valence-electron chi connectivity index (χ3n) is 1.81. The Morgan fingerprint density at radius 2 is 1.80 bits per heavy atom. The van der Waals surface area contributed by atoms with Crippen molar-refractivity contribution in [1.29, 1.82) is 0 Å². The van der Waals surface area contributed by atoms with Gasteiger partial charge in [-0.15, -0.1) is 0 Å². The van der Waals surface area contributed by atoms with E-state index in [9.17, 15) is 13.2 Å². The molecular formula is C9H18O5S. The van der Waals surface area contributed by atoms with Crippen molar-refractivity contribution in [3.05, 3.63) is 0 Å². The largest absolute Gasteiger partial charge is 0.465 e. The van der Waals surface area contributed by atoms with Gasteiger partial charge < -0.3 is 4.74 Å². The molecule has 0 aliphatic rings. The molecule has 0 radical (unpaired) electrons. The van der Waals surface area contributed by atoms with E-state index in [1.54, 1.807) is 0 Å². The van der Waals surface area contributed by atoms with Gasteiger partial charge in [0.1, 0.15) is 0 Å². The summed E-state index contributed by atoms with van der Waals surface area (Å²) in [5.74, 6) is -1.85. The zero-order valence-corrected chi connectivity index (χ0v) is 9.75. The van der Waals surface area contributed by atoms with Crippen LogP contribution < -0.4 is 0 Å². The lowest BCUT2D eigenvalue weighted by Crippen LogP contribution is -2.18. The summed E-state index contributed by atoms with van der Waals surface area (Å²) >= 11 is 0. The smallest absolute Gasteiger partial charge is 0.323 e. The molecule has 0 aromatic carbocycles. The van der Waals surface area contributed by atoms with Crippen molar-refractivity contribution < 1.29 is 22.5 Å². The van der Waals surface area contributed by atoms with E-state index in [0.717, 1.165) is 32.1 Å². The first-order chi connectivity index (χ1) is 6.95. The molecular weight excluding hydrogens is 220 g/mol. The fourth-order valence-corrected chi connectivity index (χ4v) is 1.46.